The van der Waals surface area contributed by atoms with Crippen molar-refractivity contribution in [1.29, 1.82) is 0 Å². The Morgan fingerprint density at radius 1 is 0.300 bits per heavy atom. The summed E-state index contributed by atoms with van der Waals surface area (Å²) in [4.78, 5) is 72.7. The molecule has 0 aliphatic heterocycles. The highest BCUT2D eigenvalue weighted by Gasteiger charge is 2.30. The number of hydrogen-bond donors (Lipinski definition) is 3. The Balaban J connectivity index is 5.50. The first-order valence-corrected chi connectivity index (χ1v) is 41.1. The van der Waals surface area contributed by atoms with Gasteiger partial charge in [0.1, 0.15) is 19.3 Å². The number of unbranched alkanes of at least 4 members (excludes halogenated alkanes) is 22. The second-order valence-corrected chi connectivity index (χ2v) is 27.8. The van der Waals surface area contributed by atoms with Crippen LogP contribution in [0.5, 0.6) is 0 Å². The van der Waals surface area contributed by atoms with Crippen molar-refractivity contribution in [3.05, 3.63) is 146 Å². The largest absolute Gasteiger partial charge is 0.472 e. The number of allylic oxidation sites excluding steroid dienone is 22. The van der Waals surface area contributed by atoms with Crippen LogP contribution < -0.4 is 0 Å². The van der Waals surface area contributed by atoms with E-state index in [2.05, 4.69) is 125 Å². The fraction of sp³-hybridized carbons (Fsp3) is 0.654. The number of hydrogen-bond acceptors (Lipinski definition) is 15. The van der Waals surface area contributed by atoms with Crippen LogP contribution in [0.3, 0.4) is 0 Å². The Labute approximate surface area is 605 Å². The Morgan fingerprint density at radius 2 is 0.570 bits per heavy atom. The maximum Gasteiger partial charge on any atom is 0.472 e. The van der Waals surface area contributed by atoms with Crippen molar-refractivity contribution in [2.45, 2.75) is 303 Å². The van der Waals surface area contributed by atoms with Crippen LogP contribution in [0.25, 0.3) is 0 Å². The van der Waals surface area contributed by atoms with Crippen LogP contribution in [0.15, 0.2) is 146 Å². The summed E-state index contributed by atoms with van der Waals surface area (Å²) >= 11 is 0. The molecule has 0 aromatic heterocycles. The second-order valence-electron chi connectivity index (χ2n) is 24.9. The third-order valence-electron chi connectivity index (χ3n) is 15.4. The van der Waals surface area contributed by atoms with Crippen LogP contribution in [0.1, 0.15) is 285 Å². The van der Waals surface area contributed by atoms with E-state index in [1.165, 1.54) is 83.5 Å². The van der Waals surface area contributed by atoms with Crippen molar-refractivity contribution in [1.82, 2.24) is 0 Å². The van der Waals surface area contributed by atoms with Gasteiger partial charge in [0.15, 0.2) is 12.2 Å². The van der Waals surface area contributed by atoms with Gasteiger partial charge in [0.25, 0.3) is 0 Å². The molecule has 5 unspecified atom stereocenters. The molecule has 0 spiro atoms. The number of phosphoric ester groups is 2. The van der Waals surface area contributed by atoms with Crippen LogP contribution in [-0.2, 0) is 65.4 Å². The molecule has 0 fully saturated rings. The smallest absolute Gasteiger partial charge is 0.462 e. The summed E-state index contributed by atoms with van der Waals surface area (Å²) in [7, 11) is -10.0. The second kappa shape index (κ2) is 72.3. The summed E-state index contributed by atoms with van der Waals surface area (Å²) in [5, 5.41) is 10.6. The number of esters is 4. The topological polar surface area (TPSA) is 237 Å². The zero-order valence-electron chi connectivity index (χ0n) is 62.1. The molecule has 570 valence electrons. The van der Waals surface area contributed by atoms with Gasteiger partial charge in [-0.2, -0.15) is 0 Å². The van der Waals surface area contributed by atoms with E-state index >= 15 is 0 Å². The zero-order chi connectivity index (χ0) is 73.2. The van der Waals surface area contributed by atoms with Gasteiger partial charge in [-0.25, -0.2) is 9.13 Å². The number of carbonyl (C=O) groups is 4. The number of aliphatic hydroxyl groups is 1. The van der Waals surface area contributed by atoms with Gasteiger partial charge in [-0.05, 0) is 109 Å². The highest BCUT2D eigenvalue weighted by molar-refractivity contribution is 7.47. The first-order chi connectivity index (χ1) is 48.7. The summed E-state index contributed by atoms with van der Waals surface area (Å²) in [5.74, 6) is -2.49. The van der Waals surface area contributed by atoms with E-state index in [0.717, 1.165) is 122 Å². The molecule has 0 amide bonds. The molecular formula is C81H134O17P2. The van der Waals surface area contributed by atoms with Gasteiger partial charge in [-0.15, -0.1) is 0 Å². The minimum atomic E-state index is -5.02. The normalized spacial score (nSPS) is 14.8. The maximum absolute atomic E-state index is 13.1. The zero-order valence-corrected chi connectivity index (χ0v) is 63.9. The van der Waals surface area contributed by atoms with Crippen molar-refractivity contribution in [3.63, 3.8) is 0 Å². The van der Waals surface area contributed by atoms with Gasteiger partial charge >= 0.3 is 39.5 Å². The minimum Gasteiger partial charge on any atom is -0.462 e. The fourth-order valence-corrected chi connectivity index (χ4v) is 11.2. The highest BCUT2D eigenvalue weighted by Crippen LogP contribution is 2.45. The standard InChI is InChI=1S/C81H134O17P2/c1-5-9-13-17-21-25-29-33-37-41-45-49-53-57-61-65-78(83)91-71-76(97-80(85)67-63-59-55-51-47-43-39-35-31-27-23-19-15-11-7-3)73-95-99(87,88)93-69-75(82)70-94-100(89,90)96-74-77(98-81(86)68-64-60-56-52-48-44-40-36-32-28-24-20-16-12-8-4)72-92-79(84)66-62-58-54-50-46-42-38-34-30-26-22-18-14-10-6-2/h9,11,13,15,21-23,25-27,33-35,37-39,45,47,49,51,57,59,61,63,75-77,82H,5-8,10,12,14,16-20,24,28-32,36,40-44,46,48,50,52-56,58,60,62,64-74H2,1-4H3,(H,87,88)(H,89,90)/b13-9-,15-11-,25-21-,26-22-,27-23-,37-33-,38-34-,39-35-,49-45-,51-47-,61-57-,63-59-. The first-order valence-electron chi connectivity index (χ1n) is 38.1. The predicted molar refractivity (Wildman–Crippen MR) is 408 cm³/mol. The summed E-state index contributed by atoms with van der Waals surface area (Å²) in [5.41, 5.74) is 0. The van der Waals surface area contributed by atoms with Crippen LogP contribution in [0.2, 0.25) is 0 Å². The average Bonchev–Trinajstić information content (AvgIpc) is 1.01. The lowest BCUT2D eigenvalue weighted by atomic mass is 10.0. The number of aliphatic hydroxyl groups excluding tert-OH is 1. The van der Waals surface area contributed by atoms with Gasteiger partial charge in [0.05, 0.1) is 39.3 Å². The van der Waals surface area contributed by atoms with E-state index in [1.54, 1.807) is 18.2 Å². The number of rotatable bonds is 70. The summed E-state index contributed by atoms with van der Waals surface area (Å²) in [6.07, 6.45) is 81.9. The van der Waals surface area contributed by atoms with Gasteiger partial charge in [0.2, 0.25) is 0 Å². The molecule has 0 aliphatic carbocycles. The number of ether oxygens (including phenoxy) is 4. The van der Waals surface area contributed by atoms with Crippen molar-refractivity contribution in [2.24, 2.45) is 0 Å². The van der Waals surface area contributed by atoms with Crippen LogP contribution in [-0.4, -0.2) is 96.7 Å². The lowest BCUT2D eigenvalue weighted by Crippen LogP contribution is -2.30. The molecule has 0 aliphatic rings. The SMILES string of the molecule is CC/C=C\C/C=C\C/C=C\C/C=C\C/C=C\CC(=O)OCC(COP(=O)(O)OCC(O)COP(=O)(O)OCC(COC(=O)CCCCCCC/C=C\C/C=C\CCCCC)OC(=O)CCCCCCCCCCCCCCCCC)OC(=O)C/C=C\C/C=C\C/C=C\C/C=C\C/C=C\CC. The Bertz CT molecular complexity index is 2470. The number of phosphoric acid groups is 2. The summed E-state index contributed by atoms with van der Waals surface area (Å²) in [6, 6.07) is 0. The molecule has 0 rings (SSSR count). The quantitative estimate of drug-likeness (QED) is 0.0169. The first kappa shape index (κ1) is 94.9. The minimum absolute atomic E-state index is 0.0874. The number of carbonyl (C=O) groups excluding carboxylic acids is 4. The maximum atomic E-state index is 13.1. The molecule has 0 aromatic rings. The Hall–Kier alpha value is -5.06. The van der Waals surface area contributed by atoms with E-state index < -0.39 is 97.5 Å². The van der Waals surface area contributed by atoms with Crippen LogP contribution in [0, 0.1) is 0 Å². The van der Waals surface area contributed by atoms with Crippen molar-refractivity contribution in [2.75, 3.05) is 39.6 Å². The lowest BCUT2D eigenvalue weighted by molar-refractivity contribution is -0.161. The summed E-state index contributed by atoms with van der Waals surface area (Å²) in [6.45, 7) is 4.37. The molecule has 3 N–H and O–H groups in total. The molecule has 0 saturated carbocycles. The third-order valence-corrected chi connectivity index (χ3v) is 17.3. The molecule has 0 heterocycles. The summed E-state index contributed by atoms with van der Waals surface area (Å²) < 4.78 is 68.2. The Kier molecular flexibility index (Phi) is 68.6. The van der Waals surface area contributed by atoms with Gasteiger partial charge < -0.3 is 33.8 Å². The Morgan fingerprint density at radius 3 is 0.950 bits per heavy atom. The molecule has 19 heteroatoms. The molecule has 0 aromatic carbocycles. The van der Waals surface area contributed by atoms with Crippen molar-refractivity contribution < 1.29 is 80.2 Å². The molecule has 0 radical (unpaired) electrons. The van der Waals surface area contributed by atoms with E-state index in [-0.39, 0.29) is 25.7 Å². The van der Waals surface area contributed by atoms with Gasteiger partial charge in [-0.3, -0.25) is 37.3 Å². The van der Waals surface area contributed by atoms with Crippen molar-refractivity contribution in [3.8, 4) is 0 Å². The fourth-order valence-electron chi connectivity index (χ4n) is 9.63. The van der Waals surface area contributed by atoms with E-state index in [1.807, 2.05) is 30.4 Å². The lowest BCUT2D eigenvalue weighted by Gasteiger charge is -2.21. The predicted octanol–water partition coefficient (Wildman–Crippen LogP) is 21.9. The average molecular weight is 1440 g/mol. The molecule has 0 bridgehead atoms. The van der Waals surface area contributed by atoms with Gasteiger partial charge in [-0.1, -0.05) is 296 Å². The molecule has 100 heavy (non-hydrogen) atoms. The van der Waals surface area contributed by atoms with E-state index in [4.69, 9.17) is 37.0 Å². The molecule has 5 atom stereocenters. The third kappa shape index (κ3) is 71.3. The van der Waals surface area contributed by atoms with E-state index in [0.29, 0.717) is 25.7 Å². The van der Waals surface area contributed by atoms with Gasteiger partial charge in [0, 0.05) is 12.8 Å². The van der Waals surface area contributed by atoms with Crippen molar-refractivity contribution >= 4 is 39.5 Å². The monoisotopic (exact) mass is 1440 g/mol. The molecular weight excluding hydrogens is 1310 g/mol. The molecule has 0 saturated heterocycles. The van der Waals surface area contributed by atoms with E-state index in [9.17, 15) is 43.2 Å². The van der Waals surface area contributed by atoms with Crippen LogP contribution in [0.4, 0.5) is 0 Å². The highest BCUT2D eigenvalue weighted by atomic mass is 31.2. The molecule has 17 nitrogen and oxygen atoms in total. The van der Waals surface area contributed by atoms with Crippen LogP contribution >= 0.6 is 15.6 Å².